The fourth-order valence-corrected chi connectivity index (χ4v) is 2.06. The van der Waals surface area contributed by atoms with E-state index in [1.54, 1.807) is 6.07 Å². The van der Waals surface area contributed by atoms with Crippen LogP contribution in [0.25, 0.3) is 0 Å². The van der Waals surface area contributed by atoms with Crippen LogP contribution < -0.4 is 10.6 Å². The Kier molecular flexibility index (Phi) is 4.11. The summed E-state index contributed by atoms with van der Waals surface area (Å²) in [6.45, 7) is 4.51. The van der Waals surface area contributed by atoms with Crippen molar-refractivity contribution in [3.63, 3.8) is 0 Å². The van der Waals surface area contributed by atoms with E-state index in [0.717, 1.165) is 38.5 Å². The van der Waals surface area contributed by atoms with Gasteiger partial charge >= 0.3 is 0 Å². The number of aliphatic hydroxyl groups excluding tert-OH is 1. The Hall–Kier alpha value is -1.66. The van der Waals surface area contributed by atoms with Gasteiger partial charge in [0, 0.05) is 38.9 Å². The molecular weight excluding hydrogens is 232 g/mol. The lowest BCUT2D eigenvalue weighted by Gasteiger charge is -2.35. The zero-order chi connectivity index (χ0) is 13.0. The van der Waals surface area contributed by atoms with Gasteiger partial charge in [-0.3, -0.25) is 9.69 Å². The summed E-state index contributed by atoms with van der Waals surface area (Å²) >= 11 is 0. The van der Waals surface area contributed by atoms with Crippen LogP contribution in [0, 0.1) is 0 Å². The van der Waals surface area contributed by atoms with Gasteiger partial charge in [0.2, 0.25) is 5.91 Å². The van der Waals surface area contributed by atoms with Crippen molar-refractivity contribution in [2.75, 3.05) is 44.2 Å². The molecule has 0 aromatic carbocycles. The van der Waals surface area contributed by atoms with E-state index in [1.165, 1.54) is 6.20 Å². The van der Waals surface area contributed by atoms with Crippen LogP contribution in [0.3, 0.4) is 0 Å². The van der Waals surface area contributed by atoms with Crippen LogP contribution in [0.2, 0.25) is 0 Å². The van der Waals surface area contributed by atoms with Crippen molar-refractivity contribution in [1.29, 1.82) is 0 Å². The number of hydrogen-bond acceptors (Lipinski definition) is 5. The van der Waals surface area contributed by atoms with Crippen LogP contribution in [0.1, 0.15) is 10.4 Å². The van der Waals surface area contributed by atoms with Gasteiger partial charge < -0.3 is 15.7 Å². The van der Waals surface area contributed by atoms with Crippen LogP contribution in [0.5, 0.6) is 0 Å². The van der Waals surface area contributed by atoms with Crippen LogP contribution in [-0.4, -0.2) is 60.2 Å². The third-order valence-electron chi connectivity index (χ3n) is 3.14. The van der Waals surface area contributed by atoms with E-state index in [0.29, 0.717) is 5.56 Å². The molecule has 0 bridgehead atoms. The summed E-state index contributed by atoms with van der Waals surface area (Å²) in [5.41, 5.74) is 5.60. The molecule has 98 valence electrons. The smallest absolute Gasteiger partial charge is 0.250 e. The molecule has 6 nitrogen and oxygen atoms in total. The zero-order valence-corrected chi connectivity index (χ0v) is 10.2. The van der Waals surface area contributed by atoms with Crippen molar-refractivity contribution >= 4 is 11.7 Å². The Labute approximate surface area is 106 Å². The Morgan fingerprint density at radius 2 is 2.06 bits per heavy atom. The van der Waals surface area contributed by atoms with Crippen LogP contribution >= 0.6 is 0 Å². The van der Waals surface area contributed by atoms with Crippen molar-refractivity contribution in [2.45, 2.75) is 0 Å². The number of pyridine rings is 1. The first-order valence-electron chi connectivity index (χ1n) is 6.04. The highest BCUT2D eigenvalue weighted by Crippen LogP contribution is 2.13. The van der Waals surface area contributed by atoms with Gasteiger partial charge in [-0.25, -0.2) is 4.98 Å². The SMILES string of the molecule is NC(=O)c1ccc(N2CCN(CCO)CC2)nc1. The lowest BCUT2D eigenvalue weighted by molar-refractivity contribution is 0.1000. The molecule has 1 aliphatic heterocycles. The van der Waals surface area contributed by atoms with E-state index < -0.39 is 5.91 Å². The Balaban J connectivity index is 1.95. The lowest BCUT2D eigenvalue weighted by Crippen LogP contribution is -2.47. The van der Waals surface area contributed by atoms with Crippen molar-refractivity contribution in [2.24, 2.45) is 5.73 Å². The fraction of sp³-hybridized carbons (Fsp3) is 0.500. The minimum Gasteiger partial charge on any atom is -0.395 e. The third-order valence-corrected chi connectivity index (χ3v) is 3.14. The molecule has 0 spiro atoms. The van der Waals surface area contributed by atoms with E-state index in [9.17, 15) is 4.79 Å². The molecule has 0 aliphatic carbocycles. The highest BCUT2D eigenvalue weighted by atomic mass is 16.3. The highest BCUT2D eigenvalue weighted by Gasteiger charge is 2.17. The molecule has 1 aromatic heterocycles. The second kappa shape index (κ2) is 5.79. The van der Waals surface area contributed by atoms with Gasteiger partial charge in [-0.1, -0.05) is 0 Å². The van der Waals surface area contributed by atoms with Crippen LogP contribution in [-0.2, 0) is 0 Å². The number of carbonyl (C=O) groups excluding carboxylic acids is 1. The molecular formula is C12H18N4O2. The predicted octanol–water partition coefficient (Wildman–Crippen LogP) is -0.705. The normalized spacial score (nSPS) is 16.8. The standard InChI is InChI=1S/C12H18N4O2/c13-12(18)10-1-2-11(14-9-10)16-5-3-15(4-6-16)7-8-17/h1-2,9,17H,3-8H2,(H2,13,18). The number of hydrogen-bond donors (Lipinski definition) is 2. The monoisotopic (exact) mass is 250 g/mol. The topological polar surface area (TPSA) is 82.7 Å². The number of β-amino-alcohol motifs (C(OH)–C–C–N with tert-alkyl or cyclic N) is 1. The molecule has 3 N–H and O–H groups in total. The largest absolute Gasteiger partial charge is 0.395 e. The van der Waals surface area contributed by atoms with Crippen LogP contribution in [0.15, 0.2) is 18.3 Å². The molecule has 1 saturated heterocycles. The van der Waals surface area contributed by atoms with Gasteiger partial charge in [0.15, 0.2) is 0 Å². The third kappa shape index (κ3) is 2.96. The van der Waals surface area contributed by atoms with Gasteiger partial charge in [-0.2, -0.15) is 0 Å². The average Bonchev–Trinajstić information content (AvgIpc) is 2.40. The molecule has 18 heavy (non-hydrogen) atoms. The van der Waals surface area contributed by atoms with E-state index in [2.05, 4.69) is 14.8 Å². The second-order valence-electron chi connectivity index (χ2n) is 4.32. The Morgan fingerprint density at radius 1 is 1.33 bits per heavy atom. The number of carbonyl (C=O) groups is 1. The van der Waals surface area contributed by atoms with Gasteiger partial charge in [0.05, 0.1) is 12.2 Å². The highest BCUT2D eigenvalue weighted by molar-refractivity contribution is 5.92. The van der Waals surface area contributed by atoms with E-state index in [-0.39, 0.29) is 6.61 Å². The summed E-state index contributed by atoms with van der Waals surface area (Å²) < 4.78 is 0. The minimum absolute atomic E-state index is 0.200. The lowest BCUT2D eigenvalue weighted by atomic mass is 10.2. The summed E-state index contributed by atoms with van der Waals surface area (Å²) in [5, 5.41) is 8.87. The van der Waals surface area contributed by atoms with Crippen molar-refractivity contribution in [3.8, 4) is 0 Å². The minimum atomic E-state index is -0.457. The molecule has 0 unspecified atom stereocenters. The number of amides is 1. The number of anilines is 1. The first kappa shape index (κ1) is 12.8. The molecule has 1 aromatic rings. The quantitative estimate of drug-likeness (QED) is 0.738. The Bertz CT molecular complexity index is 399. The molecule has 1 amide bonds. The summed E-state index contributed by atoms with van der Waals surface area (Å²) in [5.74, 6) is 0.408. The molecule has 0 atom stereocenters. The number of aromatic nitrogens is 1. The summed E-state index contributed by atoms with van der Waals surface area (Å²) in [6, 6.07) is 3.52. The van der Waals surface area contributed by atoms with E-state index in [4.69, 9.17) is 10.8 Å². The first-order chi connectivity index (χ1) is 8.70. The molecule has 2 rings (SSSR count). The van der Waals surface area contributed by atoms with E-state index >= 15 is 0 Å². The second-order valence-corrected chi connectivity index (χ2v) is 4.32. The van der Waals surface area contributed by atoms with Gasteiger partial charge in [0.1, 0.15) is 5.82 Å². The Morgan fingerprint density at radius 3 is 2.56 bits per heavy atom. The number of rotatable bonds is 4. The van der Waals surface area contributed by atoms with Gasteiger partial charge in [-0.05, 0) is 12.1 Å². The predicted molar refractivity (Wildman–Crippen MR) is 68.5 cm³/mol. The summed E-state index contributed by atoms with van der Waals surface area (Å²) in [7, 11) is 0. The van der Waals surface area contributed by atoms with Crippen LogP contribution in [0.4, 0.5) is 5.82 Å². The maximum Gasteiger partial charge on any atom is 0.250 e. The maximum absolute atomic E-state index is 10.9. The van der Waals surface area contributed by atoms with E-state index in [1.807, 2.05) is 6.07 Å². The number of primary amides is 1. The molecule has 0 saturated carbocycles. The number of piperazine rings is 1. The zero-order valence-electron chi connectivity index (χ0n) is 10.2. The summed E-state index contributed by atoms with van der Waals surface area (Å²) in [4.78, 5) is 19.6. The van der Waals surface area contributed by atoms with Gasteiger partial charge in [-0.15, -0.1) is 0 Å². The number of nitrogens with two attached hydrogens (primary N) is 1. The molecule has 1 fully saturated rings. The molecule has 6 heteroatoms. The van der Waals surface area contributed by atoms with Gasteiger partial charge in [0.25, 0.3) is 0 Å². The molecule has 2 heterocycles. The number of aliphatic hydroxyl groups is 1. The van der Waals surface area contributed by atoms with Crippen molar-refractivity contribution < 1.29 is 9.90 Å². The van der Waals surface area contributed by atoms with Crippen molar-refractivity contribution in [3.05, 3.63) is 23.9 Å². The van der Waals surface area contributed by atoms with Crippen molar-refractivity contribution in [1.82, 2.24) is 9.88 Å². The first-order valence-corrected chi connectivity index (χ1v) is 6.04. The molecule has 1 aliphatic rings. The average molecular weight is 250 g/mol. The fourth-order valence-electron chi connectivity index (χ4n) is 2.06. The maximum atomic E-state index is 10.9. The molecule has 0 radical (unpaired) electrons. The number of nitrogens with zero attached hydrogens (tertiary/aromatic N) is 3. The summed E-state index contributed by atoms with van der Waals surface area (Å²) in [6.07, 6.45) is 1.51.